The van der Waals surface area contributed by atoms with Gasteiger partial charge in [-0.2, -0.15) is 0 Å². The van der Waals surface area contributed by atoms with Crippen molar-refractivity contribution in [3.05, 3.63) is 28.2 Å². The molecule has 1 saturated heterocycles. The number of likely N-dealkylation sites (tertiary alicyclic amines) is 1. The van der Waals surface area contributed by atoms with Crippen molar-refractivity contribution in [3.63, 3.8) is 0 Å². The molecule has 1 heterocycles. The van der Waals surface area contributed by atoms with Crippen LogP contribution in [0.5, 0.6) is 0 Å². The molecule has 1 aromatic carbocycles. The second-order valence-electron chi connectivity index (χ2n) is 6.19. The Kier molecular flexibility index (Phi) is 5.53. The molecule has 0 saturated carbocycles. The number of carbonyl (C=O) groups is 1. The van der Waals surface area contributed by atoms with Gasteiger partial charge in [0, 0.05) is 18.1 Å². The molecule has 0 aliphatic carbocycles. The van der Waals surface area contributed by atoms with Crippen molar-refractivity contribution < 1.29 is 4.79 Å². The molecule has 3 atom stereocenters. The van der Waals surface area contributed by atoms with E-state index in [1.54, 1.807) is 18.2 Å². The Morgan fingerprint density at radius 2 is 1.90 bits per heavy atom. The van der Waals surface area contributed by atoms with Crippen LogP contribution < -0.4 is 5.32 Å². The number of rotatable bonds is 3. The first kappa shape index (κ1) is 16.6. The maximum absolute atomic E-state index is 12.4. The van der Waals surface area contributed by atoms with E-state index in [1.165, 1.54) is 6.42 Å². The zero-order chi connectivity index (χ0) is 15.6. The molecule has 1 fully saturated rings. The molecule has 1 N–H and O–H groups in total. The number of piperidine rings is 1. The maximum atomic E-state index is 12.4. The predicted octanol–water partition coefficient (Wildman–Crippen LogP) is 4.30. The van der Waals surface area contributed by atoms with Crippen LogP contribution in [0.2, 0.25) is 10.0 Å². The van der Waals surface area contributed by atoms with Gasteiger partial charge in [-0.15, -0.1) is 0 Å². The lowest BCUT2D eigenvalue weighted by atomic mass is 9.91. The van der Waals surface area contributed by atoms with Crippen LogP contribution in [0.1, 0.15) is 27.2 Å². The summed E-state index contributed by atoms with van der Waals surface area (Å²) in [6.45, 7) is 8.34. The van der Waals surface area contributed by atoms with E-state index >= 15 is 0 Å². The largest absolute Gasteiger partial charge is 0.323 e. The van der Waals surface area contributed by atoms with E-state index in [4.69, 9.17) is 23.2 Å². The Hall–Kier alpha value is -0.770. The van der Waals surface area contributed by atoms with E-state index in [0.717, 1.165) is 13.1 Å². The summed E-state index contributed by atoms with van der Waals surface area (Å²) >= 11 is 12.0. The molecule has 5 heteroatoms. The fourth-order valence-electron chi connectivity index (χ4n) is 3.02. The normalized spacial score (nSPS) is 24.6. The van der Waals surface area contributed by atoms with Crippen molar-refractivity contribution in [3.8, 4) is 0 Å². The number of nitrogens with zero attached hydrogens (tertiary/aromatic N) is 1. The molecule has 21 heavy (non-hydrogen) atoms. The van der Waals surface area contributed by atoms with E-state index in [9.17, 15) is 4.79 Å². The van der Waals surface area contributed by atoms with Crippen LogP contribution >= 0.6 is 23.2 Å². The summed E-state index contributed by atoms with van der Waals surface area (Å²) in [5.41, 5.74) is 0.569. The second-order valence-corrected chi connectivity index (χ2v) is 7.03. The summed E-state index contributed by atoms with van der Waals surface area (Å²) in [6.07, 6.45) is 1.23. The maximum Gasteiger partial charge on any atom is 0.241 e. The molecule has 1 aromatic rings. The van der Waals surface area contributed by atoms with Gasteiger partial charge in [0.15, 0.2) is 0 Å². The van der Waals surface area contributed by atoms with Crippen molar-refractivity contribution in [2.45, 2.75) is 33.2 Å². The van der Waals surface area contributed by atoms with Crippen LogP contribution in [0.3, 0.4) is 0 Å². The number of hydrogen-bond acceptors (Lipinski definition) is 2. The Bertz CT molecular complexity index is 511. The topological polar surface area (TPSA) is 32.3 Å². The Balaban J connectivity index is 2.04. The van der Waals surface area contributed by atoms with Gasteiger partial charge in [0.25, 0.3) is 0 Å². The van der Waals surface area contributed by atoms with E-state index in [-0.39, 0.29) is 11.9 Å². The molecule has 0 aromatic heterocycles. The number of halogens is 2. The van der Waals surface area contributed by atoms with Gasteiger partial charge < -0.3 is 5.32 Å². The monoisotopic (exact) mass is 328 g/mol. The molecule has 0 bridgehead atoms. The number of anilines is 1. The molecule has 116 valence electrons. The highest BCUT2D eigenvalue weighted by Gasteiger charge is 2.29. The molecular formula is C16H22Cl2N2O. The van der Waals surface area contributed by atoms with Crippen molar-refractivity contribution in [1.29, 1.82) is 0 Å². The lowest BCUT2D eigenvalue weighted by Gasteiger charge is -2.38. The predicted molar refractivity (Wildman–Crippen MR) is 89.1 cm³/mol. The summed E-state index contributed by atoms with van der Waals surface area (Å²) in [5, 5.41) is 3.94. The number of amides is 1. The van der Waals surface area contributed by atoms with Crippen LogP contribution in [0.25, 0.3) is 0 Å². The Labute approximate surface area is 136 Å². The average molecular weight is 329 g/mol. The molecule has 1 aliphatic heterocycles. The summed E-state index contributed by atoms with van der Waals surface area (Å²) in [5.74, 6) is 1.21. The van der Waals surface area contributed by atoms with Crippen molar-refractivity contribution in [2.75, 3.05) is 18.4 Å². The first-order valence-electron chi connectivity index (χ1n) is 7.36. The van der Waals surface area contributed by atoms with Gasteiger partial charge in [0.05, 0.1) is 16.8 Å². The van der Waals surface area contributed by atoms with Crippen LogP contribution in [0, 0.1) is 11.8 Å². The van der Waals surface area contributed by atoms with Crippen molar-refractivity contribution in [2.24, 2.45) is 11.8 Å². The highest BCUT2D eigenvalue weighted by atomic mass is 35.5. The third-order valence-corrected chi connectivity index (χ3v) is 4.58. The van der Waals surface area contributed by atoms with Crippen molar-refractivity contribution >= 4 is 34.8 Å². The van der Waals surface area contributed by atoms with Gasteiger partial charge in [-0.05, 0) is 43.4 Å². The van der Waals surface area contributed by atoms with Gasteiger partial charge in [-0.1, -0.05) is 37.0 Å². The van der Waals surface area contributed by atoms with E-state index in [1.807, 2.05) is 6.92 Å². The van der Waals surface area contributed by atoms with E-state index < -0.39 is 0 Å². The molecule has 0 radical (unpaired) electrons. The molecule has 2 rings (SSSR count). The fourth-order valence-corrected chi connectivity index (χ4v) is 3.36. The highest BCUT2D eigenvalue weighted by Crippen LogP contribution is 2.27. The minimum Gasteiger partial charge on any atom is -0.323 e. The second kappa shape index (κ2) is 6.99. The lowest BCUT2D eigenvalue weighted by molar-refractivity contribution is -0.121. The van der Waals surface area contributed by atoms with Crippen LogP contribution in [-0.2, 0) is 4.79 Å². The summed E-state index contributed by atoms with van der Waals surface area (Å²) in [7, 11) is 0. The summed E-state index contributed by atoms with van der Waals surface area (Å²) in [4.78, 5) is 14.7. The first-order valence-corrected chi connectivity index (χ1v) is 8.12. The van der Waals surface area contributed by atoms with Crippen LogP contribution in [-0.4, -0.2) is 29.9 Å². The number of benzene rings is 1. The van der Waals surface area contributed by atoms with Gasteiger partial charge >= 0.3 is 0 Å². The summed E-state index contributed by atoms with van der Waals surface area (Å²) < 4.78 is 0. The zero-order valence-electron chi connectivity index (χ0n) is 12.7. The third-order valence-electron chi connectivity index (χ3n) is 4.01. The minimum atomic E-state index is -0.176. The number of hydrogen-bond donors (Lipinski definition) is 1. The van der Waals surface area contributed by atoms with Gasteiger partial charge in [-0.25, -0.2) is 0 Å². The van der Waals surface area contributed by atoms with Gasteiger partial charge in [-0.3, -0.25) is 9.69 Å². The van der Waals surface area contributed by atoms with E-state index in [0.29, 0.717) is 27.6 Å². The standard InChI is InChI=1S/C16H22Cl2N2O/c1-10-6-11(2)9-20(8-10)12(3)16(21)19-15-7-13(17)4-5-14(15)18/h4-5,7,10-12H,6,8-9H2,1-3H3,(H,19,21)/t10-,11-,12-/m0/s1. The molecule has 1 aliphatic rings. The highest BCUT2D eigenvalue weighted by molar-refractivity contribution is 6.35. The quantitative estimate of drug-likeness (QED) is 0.897. The zero-order valence-corrected chi connectivity index (χ0v) is 14.2. The van der Waals surface area contributed by atoms with Gasteiger partial charge in [0.2, 0.25) is 5.91 Å². The number of nitrogens with one attached hydrogen (secondary N) is 1. The first-order chi connectivity index (χ1) is 9.86. The average Bonchev–Trinajstić information content (AvgIpc) is 2.41. The van der Waals surface area contributed by atoms with Crippen molar-refractivity contribution in [1.82, 2.24) is 4.90 Å². The SMILES string of the molecule is C[C@H]1C[C@H](C)CN([C@@H](C)C(=O)Nc2cc(Cl)ccc2Cl)C1. The minimum absolute atomic E-state index is 0.0412. The van der Waals surface area contributed by atoms with Crippen LogP contribution in [0.15, 0.2) is 18.2 Å². The Morgan fingerprint density at radius 3 is 2.52 bits per heavy atom. The molecule has 1 amide bonds. The lowest BCUT2D eigenvalue weighted by Crippen LogP contribution is -2.48. The van der Waals surface area contributed by atoms with E-state index in [2.05, 4.69) is 24.1 Å². The molecular weight excluding hydrogens is 307 g/mol. The number of carbonyl (C=O) groups excluding carboxylic acids is 1. The smallest absolute Gasteiger partial charge is 0.241 e. The molecule has 0 unspecified atom stereocenters. The summed E-state index contributed by atoms with van der Waals surface area (Å²) in [6, 6.07) is 4.90. The molecule has 0 spiro atoms. The van der Waals surface area contributed by atoms with Gasteiger partial charge in [0.1, 0.15) is 0 Å². The Morgan fingerprint density at radius 1 is 1.29 bits per heavy atom. The third kappa shape index (κ3) is 4.35. The van der Waals surface area contributed by atoms with Crippen LogP contribution in [0.4, 0.5) is 5.69 Å². The molecule has 3 nitrogen and oxygen atoms in total. The fraction of sp³-hybridized carbons (Fsp3) is 0.562.